The van der Waals surface area contributed by atoms with Gasteiger partial charge in [-0.3, -0.25) is 9.78 Å². The second-order valence-corrected chi connectivity index (χ2v) is 7.81. The van der Waals surface area contributed by atoms with Crippen molar-refractivity contribution in [2.24, 2.45) is 0 Å². The van der Waals surface area contributed by atoms with E-state index in [1.807, 2.05) is 6.07 Å². The molecular formula is C21H23ClN4O2. The van der Waals surface area contributed by atoms with Gasteiger partial charge in [0.05, 0.1) is 23.8 Å². The van der Waals surface area contributed by atoms with Crippen LogP contribution >= 0.6 is 11.6 Å². The van der Waals surface area contributed by atoms with Gasteiger partial charge >= 0.3 is 6.03 Å². The van der Waals surface area contributed by atoms with E-state index in [2.05, 4.69) is 15.6 Å². The Labute approximate surface area is 169 Å². The highest BCUT2D eigenvalue weighted by atomic mass is 35.5. The van der Waals surface area contributed by atoms with Crippen molar-refractivity contribution < 1.29 is 9.59 Å². The maximum absolute atomic E-state index is 12.9. The minimum atomic E-state index is -0.226. The molecule has 2 N–H and O–H groups in total. The molecule has 28 heavy (non-hydrogen) atoms. The number of pyridine rings is 1. The maximum Gasteiger partial charge on any atom is 0.319 e. The fraction of sp³-hybridized carbons (Fsp3) is 0.381. The highest BCUT2D eigenvalue weighted by Gasteiger charge is 2.26. The summed E-state index contributed by atoms with van der Waals surface area (Å²) < 4.78 is 0. The SMILES string of the molecule is O=C(Nc1cncc(N2CCc3cc(Cl)ccc3C2=O)c1)NC1CCCCC1. The molecule has 1 aliphatic carbocycles. The predicted octanol–water partition coefficient (Wildman–Crippen LogP) is 4.39. The third-order valence-electron chi connectivity index (χ3n) is 5.38. The van der Waals surface area contributed by atoms with Crippen molar-refractivity contribution in [1.82, 2.24) is 10.3 Å². The van der Waals surface area contributed by atoms with Crippen molar-refractivity contribution in [3.05, 3.63) is 52.8 Å². The first-order valence-corrected chi connectivity index (χ1v) is 10.1. The zero-order valence-electron chi connectivity index (χ0n) is 15.6. The fourth-order valence-electron chi connectivity index (χ4n) is 3.95. The smallest absolute Gasteiger partial charge is 0.319 e. The van der Waals surface area contributed by atoms with E-state index in [4.69, 9.17) is 11.6 Å². The number of benzene rings is 1. The molecule has 2 heterocycles. The lowest BCUT2D eigenvalue weighted by molar-refractivity contribution is 0.0980. The van der Waals surface area contributed by atoms with E-state index in [-0.39, 0.29) is 18.0 Å². The molecule has 0 radical (unpaired) electrons. The Bertz CT molecular complexity index is 896. The van der Waals surface area contributed by atoms with Crippen molar-refractivity contribution >= 4 is 34.9 Å². The third-order valence-corrected chi connectivity index (χ3v) is 5.62. The second kappa shape index (κ2) is 8.19. The number of urea groups is 1. The van der Waals surface area contributed by atoms with E-state index in [1.165, 1.54) is 6.42 Å². The number of nitrogens with one attached hydrogen (secondary N) is 2. The van der Waals surface area contributed by atoms with Crippen LogP contribution < -0.4 is 15.5 Å². The highest BCUT2D eigenvalue weighted by molar-refractivity contribution is 6.30. The average Bonchev–Trinajstić information content (AvgIpc) is 2.69. The van der Waals surface area contributed by atoms with E-state index in [1.54, 1.807) is 35.5 Å². The van der Waals surface area contributed by atoms with Crippen LogP contribution in [-0.4, -0.2) is 29.5 Å². The Morgan fingerprint density at radius 1 is 1.14 bits per heavy atom. The molecule has 7 heteroatoms. The first-order chi connectivity index (χ1) is 13.6. The van der Waals surface area contributed by atoms with Gasteiger partial charge < -0.3 is 15.5 Å². The number of carbonyl (C=O) groups excluding carboxylic acids is 2. The van der Waals surface area contributed by atoms with E-state index in [0.717, 1.165) is 37.7 Å². The number of nitrogens with zero attached hydrogens (tertiary/aromatic N) is 2. The zero-order valence-corrected chi connectivity index (χ0v) is 16.3. The molecule has 146 valence electrons. The van der Waals surface area contributed by atoms with Gasteiger partial charge in [0.15, 0.2) is 0 Å². The van der Waals surface area contributed by atoms with Crippen LogP contribution in [0.4, 0.5) is 16.2 Å². The maximum atomic E-state index is 12.9. The van der Waals surface area contributed by atoms with E-state index in [9.17, 15) is 9.59 Å². The molecule has 4 rings (SSSR count). The summed E-state index contributed by atoms with van der Waals surface area (Å²) in [4.78, 5) is 31.1. The number of hydrogen-bond donors (Lipinski definition) is 2. The Kier molecular flexibility index (Phi) is 5.48. The number of halogens is 1. The van der Waals surface area contributed by atoms with Gasteiger partial charge in [-0.2, -0.15) is 0 Å². The number of hydrogen-bond acceptors (Lipinski definition) is 3. The molecule has 1 saturated carbocycles. The molecule has 0 bridgehead atoms. The first-order valence-electron chi connectivity index (χ1n) is 9.73. The Morgan fingerprint density at radius 2 is 1.96 bits per heavy atom. The Morgan fingerprint density at radius 3 is 2.79 bits per heavy atom. The molecule has 2 aromatic rings. The number of rotatable bonds is 3. The summed E-state index contributed by atoms with van der Waals surface area (Å²) in [6, 6.07) is 7.13. The second-order valence-electron chi connectivity index (χ2n) is 7.37. The minimum absolute atomic E-state index is 0.0801. The largest absolute Gasteiger partial charge is 0.335 e. The van der Waals surface area contributed by atoms with Crippen LogP contribution in [0.3, 0.4) is 0 Å². The third kappa shape index (κ3) is 4.12. The summed E-state index contributed by atoms with van der Waals surface area (Å²) in [5, 5.41) is 6.50. The van der Waals surface area contributed by atoms with E-state index in [0.29, 0.717) is 28.5 Å². The van der Waals surface area contributed by atoms with Crippen LogP contribution in [0.15, 0.2) is 36.7 Å². The minimum Gasteiger partial charge on any atom is -0.335 e. The lowest BCUT2D eigenvalue weighted by Gasteiger charge is -2.28. The van der Waals surface area contributed by atoms with E-state index >= 15 is 0 Å². The molecule has 0 atom stereocenters. The zero-order chi connectivity index (χ0) is 19.5. The summed E-state index contributed by atoms with van der Waals surface area (Å²) in [5.74, 6) is -0.0801. The molecule has 3 amide bonds. The molecule has 6 nitrogen and oxygen atoms in total. The molecular weight excluding hydrogens is 376 g/mol. The summed E-state index contributed by atoms with van der Waals surface area (Å²) in [6.07, 6.45) is 9.56. The summed E-state index contributed by atoms with van der Waals surface area (Å²) >= 11 is 6.04. The van der Waals surface area contributed by atoms with Gasteiger partial charge in [0.25, 0.3) is 5.91 Å². The molecule has 1 aromatic heterocycles. The average molecular weight is 399 g/mol. The van der Waals surface area contributed by atoms with Crippen LogP contribution in [0.25, 0.3) is 0 Å². The molecule has 1 fully saturated rings. The van der Waals surface area contributed by atoms with E-state index < -0.39 is 0 Å². The van der Waals surface area contributed by atoms with Crippen molar-refractivity contribution in [3.8, 4) is 0 Å². The van der Waals surface area contributed by atoms with Crippen molar-refractivity contribution in [1.29, 1.82) is 0 Å². The number of anilines is 2. The van der Waals surface area contributed by atoms with Gasteiger partial charge in [0.2, 0.25) is 0 Å². The van der Waals surface area contributed by atoms with Gasteiger partial charge in [-0.25, -0.2) is 4.79 Å². The topological polar surface area (TPSA) is 74.3 Å². The monoisotopic (exact) mass is 398 g/mol. The van der Waals surface area contributed by atoms with Crippen molar-refractivity contribution in [2.45, 2.75) is 44.6 Å². The Balaban J connectivity index is 1.45. The number of fused-ring (bicyclic) bond motifs is 1. The molecule has 0 unspecified atom stereocenters. The summed E-state index contributed by atoms with van der Waals surface area (Å²) in [7, 11) is 0. The molecule has 1 aromatic carbocycles. The van der Waals surface area contributed by atoms with Gasteiger partial charge in [-0.1, -0.05) is 30.9 Å². The van der Waals surface area contributed by atoms with Crippen molar-refractivity contribution in [3.63, 3.8) is 0 Å². The van der Waals surface area contributed by atoms with Crippen LogP contribution in [0.2, 0.25) is 5.02 Å². The summed E-state index contributed by atoms with van der Waals surface area (Å²) in [5.41, 5.74) is 2.86. The van der Waals surface area contributed by atoms with Crippen LogP contribution in [0, 0.1) is 0 Å². The van der Waals surface area contributed by atoms with Crippen LogP contribution in [0.1, 0.15) is 48.0 Å². The van der Waals surface area contributed by atoms with Crippen LogP contribution in [-0.2, 0) is 6.42 Å². The summed E-state index contributed by atoms with van der Waals surface area (Å²) in [6.45, 7) is 0.547. The van der Waals surface area contributed by atoms with Crippen LogP contribution in [0.5, 0.6) is 0 Å². The number of carbonyl (C=O) groups is 2. The van der Waals surface area contributed by atoms with Gasteiger partial charge in [-0.15, -0.1) is 0 Å². The quantitative estimate of drug-likeness (QED) is 0.805. The lowest BCUT2D eigenvalue weighted by Crippen LogP contribution is -2.39. The molecule has 0 saturated heterocycles. The predicted molar refractivity (Wildman–Crippen MR) is 110 cm³/mol. The highest BCUT2D eigenvalue weighted by Crippen LogP contribution is 2.27. The molecule has 1 aliphatic heterocycles. The standard InChI is InChI=1S/C21H23ClN4O2/c22-15-6-7-19-14(10-15)8-9-26(20(19)27)18-11-17(12-23-13-18)25-21(28)24-16-4-2-1-3-5-16/h6-7,10-13,16H,1-5,8-9H2,(H2,24,25,28). The molecule has 2 aliphatic rings. The Hall–Kier alpha value is -2.60. The lowest BCUT2D eigenvalue weighted by atomic mass is 9.96. The van der Waals surface area contributed by atoms with Gasteiger partial charge in [0, 0.05) is 23.2 Å². The van der Waals surface area contributed by atoms with Gasteiger partial charge in [0.1, 0.15) is 0 Å². The number of amides is 3. The molecule has 0 spiro atoms. The first kappa shape index (κ1) is 18.7. The normalized spacial score (nSPS) is 17.2. The van der Waals surface area contributed by atoms with Crippen molar-refractivity contribution in [2.75, 3.05) is 16.8 Å². The van der Waals surface area contributed by atoms with Gasteiger partial charge in [-0.05, 0) is 49.1 Å². The number of aromatic nitrogens is 1. The fourth-order valence-corrected chi connectivity index (χ4v) is 4.14.